The molecule has 1 aromatic carbocycles. The van der Waals surface area contributed by atoms with Crippen LogP contribution in [0.15, 0.2) is 42.7 Å². The molecule has 36 heavy (non-hydrogen) atoms. The van der Waals surface area contributed by atoms with E-state index in [-0.39, 0.29) is 22.9 Å². The van der Waals surface area contributed by atoms with Crippen LogP contribution in [0.1, 0.15) is 41.2 Å². The second kappa shape index (κ2) is 8.92. The van der Waals surface area contributed by atoms with Crippen LogP contribution in [0.25, 0.3) is 22.3 Å². The maximum Gasteiger partial charge on any atom is 0.256 e. The van der Waals surface area contributed by atoms with Gasteiger partial charge in [-0.3, -0.25) is 9.78 Å². The zero-order chi connectivity index (χ0) is 24.8. The van der Waals surface area contributed by atoms with Crippen molar-refractivity contribution in [1.82, 2.24) is 29.9 Å². The lowest BCUT2D eigenvalue weighted by Crippen LogP contribution is -2.42. The van der Waals surface area contributed by atoms with Gasteiger partial charge in [0, 0.05) is 37.9 Å². The lowest BCUT2D eigenvalue weighted by Gasteiger charge is -2.32. The number of fused-ring (bicyclic) bond motifs is 1. The zero-order valence-electron chi connectivity index (χ0n) is 19.9. The van der Waals surface area contributed by atoms with Crippen molar-refractivity contribution < 1.29 is 13.6 Å². The van der Waals surface area contributed by atoms with E-state index in [1.165, 1.54) is 17.0 Å². The molecule has 0 bridgehead atoms. The topological polar surface area (TPSA) is 80.0 Å². The average molecular weight is 490 g/mol. The fourth-order valence-electron chi connectivity index (χ4n) is 4.84. The summed E-state index contributed by atoms with van der Waals surface area (Å²) in [6, 6.07) is 8.60. The zero-order valence-corrected chi connectivity index (χ0v) is 19.9. The summed E-state index contributed by atoms with van der Waals surface area (Å²) in [5.41, 5.74) is 2.42. The Bertz CT molecular complexity index is 1440. The van der Waals surface area contributed by atoms with Crippen molar-refractivity contribution in [3.8, 4) is 11.3 Å². The molecule has 0 aliphatic carbocycles. The van der Waals surface area contributed by atoms with Crippen LogP contribution in [0.5, 0.6) is 0 Å². The molecule has 10 heteroatoms. The first-order valence-corrected chi connectivity index (χ1v) is 12.2. The third-order valence-electron chi connectivity index (χ3n) is 7.12. The smallest absolute Gasteiger partial charge is 0.256 e. The molecule has 2 aliphatic heterocycles. The number of piperidine rings is 1. The molecule has 0 radical (unpaired) electrons. The summed E-state index contributed by atoms with van der Waals surface area (Å²) in [7, 11) is 0. The molecule has 3 aromatic heterocycles. The Morgan fingerprint density at radius 2 is 1.78 bits per heavy atom. The number of benzene rings is 1. The highest BCUT2D eigenvalue weighted by Crippen LogP contribution is 2.31. The average Bonchev–Trinajstić information content (AvgIpc) is 3.28. The monoisotopic (exact) mass is 489 g/mol. The minimum absolute atomic E-state index is 0.0111. The molecule has 5 heterocycles. The molecule has 0 spiro atoms. The van der Waals surface area contributed by atoms with Crippen molar-refractivity contribution in [2.45, 2.75) is 32.2 Å². The normalized spacial score (nSPS) is 16.4. The van der Waals surface area contributed by atoms with Gasteiger partial charge in [0.15, 0.2) is 11.6 Å². The van der Waals surface area contributed by atoms with E-state index in [9.17, 15) is 13.6 Å². The Morgan fingerprint density at radius 3 is 2.47 bits per heavy atom. The van der Waals surface area contributed by atoms with Gasteiger partial charge in [0.2, 0.25) is 0 Å². The van der Waals surface area contributed by atoms with Gasteiger partial charge in [0.05, 0.1) is 23.5 Å². The third kappa shape index (κ3) is 3.86. The van der Waals surface area contributed by atoms with E-state index in [4.69, 9.17) is 0 Å². The highest BCUT2D eigenvalue weighted by atomic mass is 19.2. The van der Waals surface area contributed by atoms with E-state index < -0.39 is 17.5 Å². The van der Waals surface area contributed by atoms with Gasteiger partial charge in [-0.25, -0.2) is 18.4 Å². The standard InChI is InChI=1S/C26H25F2N7O/c1-16-3-6-23(30-14-16)33-11-7-17(8-12-33)35-22-15-29-20(13-21(22)31-32-35)18-4-5-19(25(28)24(18)27)26(36)34-9-2-10-34/h3-6,13-15,17H,2,7-12H2,1H3. The summed E-state index contributed by atoms with van der Waals surface area (Å²) in [6.07, 6.45) is 6.11. The number of aromatic nitrogens is 5. The van der Waals surface area contributed by atoms with Crippen LogP contribution in [0.2, 0.25) is 0 Å². The lowest BCUT2D eigenvalue weighted by molar-refractivity contribution is 0.0646. The lowest BCUT2D eigenvalue weighted by atomic mass is 10.0. The summed E-state index contributed by atoms with van der Waals surface area (Å²) < 4.78 is 31.6. The molecule has 0 N–H and O–H groups in total. The van der Waals surface area contributed by atoms with Crippen LogP contribution in [-0.4, -0.2) is 61.9 Å². The fraction of sp³-hybridized carbons (Fsp3) is 0.346. The second-order valence-electron chi connectivity index (χ2n) is 9.44. The molecule has 6 rings (SSSR count). The van der Waals surface area contributed by atoms with Gasteiger partial charge in [-0.1, -0.05) is 11.3 Å². The molecule has 2 fully saturated rings. The highest BCUT2D eigenvalue weighted by molar-refractivity contribution is 5.95. The number of rotatable bonds is 4. The number of carbonyl (C=O) groups is 1. The van der Waals surface area contributed by atoms with Crippen LogP contribution in [0, 0.1) is 18.6 Å². The molecule has 4 aromatic rings. The first-order chi connectivity index (χ1) is 17.5. The fourth-order valence-corrected chi connectivity index (χ4v) is 4.84. The number of aryl methyl sites for hydroxylation is 1. The number of halogens is 2. The predicted octanol–water partition coefficient (Wildman–Crippen LogP) is 4.16. The van der Waals surface area contributed by atoms with Gasteiger partial charge >= 0.3 is 0 Å². The Labute approximate surface area is 206 Å². The second-order valence-corrected chi connectivity index (χ2v) is 9.44. The van der Waals surface area contributed by atoms with Gasteiger partial charge in [0.25, 0.3) is 5.91 Å². The van der Waals surface area contributed by atoms with Gasteiger partial charge < -0.3 is 9.80 Å². The maximum atomic E-state index is 15.0. The molecule has 2 aliphatic rings. The molecule has 1 amide bonds. The largest absolute Gasteiger partial charge is 0.356 e. The Kier molecular flexibility index (Phi) is 5.58. The molecule has 0 unspecified atom stereocenters. The molecular weight excluding hydrogens is 464 g/mol. The Hall–Kier alpha value is -3.95. The van der Waals surface area contributed by atoms with Crippen LogP contribution in [-0.2, 0) is 0 Å². The minimum Gasteiger partial charge on any atom is -0.356 e. The van der Waals surface area contributed by atoms with E-state index in [0.717, 1.165) is 49.2 Å². The third-order valence-corrected chi connectivity index (χ3v) is 7.12. The number of pyridine rings is 2. The van der Waals surface area contributed by atoms with E-state index in [2.05, 4.69) is 31.2 Å². The number of nitrogens with zero attached hydrogens (tertiary/aromatic N) is 7. The van der Waals surface area contributed by atoms with Crippen LogP contribution < -0.4 is 4.90 Å². The molecule has 0 atom stereocenters. The van der Waals surface area contributed by atoms with Gasteiger partial charge in [-0.05, 0) is 56.0 Å². The first-order valence-electron chi connectivity index (χ1n) is 12.2. The van der Waals surface area contributed by atoms with Crippen molar-refractivity contribution >= 4 is 22.8 Å². The molecule has 8 nitrogen and oxygen atoms in total. The number of hydrogen-bond donors (Lipinski definition) is 0. The van der Waals surface area contributed by atoms with E-state index >= 15 is 0 Å². The van der Waals surface area contributed by atoms with Gasteiger partial charge in [-0.15, -0.1) is 5.10 Å². The summed E-state index contributed by atoms with van der Waals surface area (Å²) in [6.45, 7) is 4.85. The van der Waals surface area contributed by atoms with Crippen molar-refractivity contribution in [2.24, 2.45) is 0 Å². The number of likely N-dealkylation sites (tertiary alicyclic amines) is 1. The van der Waals surface area contributed by atoms with Gasteiger partial charge in [0.1, 0.15) is 16.9 Å². The predicted molar refractivity (Wildman–Crippen MR) is 131 cm³/mol. The molecular formula is C26H25F2N7O. The summed E-state index contributed by atoms with van der Waals surface area (Å²) >= 11 is 0. The van der Waals surface area contributed by atoms with Crippen molar-refractivity contribution in [2.75, 3.05) is 31.1 Å². The number of carbonyl (C=O) groups excluding carboxylic acids is 1. The number of hydrogen-bond acceptors (Lipinski definition) is 6. The van der Waals surface area contributed by atoms with Crippen molar-refractivity contribution in [3.63, 3.8) is 0 Å². The maximum absolute atomic E-state index is 15.0. The SMILES string of the molecule is Cc1ccc(N2CCC(n3nnc4cc(-c5ccc(C(=O)N6CCC6)c(F)c5F)ncc43)CC2)nc1. The van der Waals surface area contributed by atoms with Crippen molar-refractivity contribution in [1.29, 1.82) is 0 Å². The van der Waals surface area contributed by atoms with E-state index in [1.807, 2.05) is 23.9 Å². The highest BCUT2D eigenvalue weighted by Gasteiger charge is 2.28. The Morgan fingerprint density at radius 1 is 0.972 bits per heavy atom. The van der Waals surface area contributed by atoms with Crippen LogP contribution in [0.4, 0.5) is 14.6 Å². The van der Waals surface area contributed by atoms with Crippen molar-refractivity contribution in [3.05, 3.63) is 65.5 Å². The first kappa shape index (κ1) is 22.5. The summed E-state index contributed by atoms with van der Waals surface area (Å²) in [5.74, 6) is -1.75. The minimum atomic E-state index is -1.15. The molecule has 2 saturated heterocycles. The number of anilines is 1. The Balaban J connectivity index is 1.22. The van der Waals surface area contributed by atoms with Gasteiger partial charge in [-0.2, -0.15) is 0 Å². The summed E-state index contributed by atoms with van der Waals surface area (Å²) in [4.78, 5) is 25.0. The molecule has 184 valence electrons. The van der Waals surface area contributed by atoms with Crippen LogP contribution >= 0.6 is 0 Å². The molecule has 0 saturated carbocycles. The van der Waals surface area contributed by atoms with E-state index in [0.29, 0.717) is 18.6 Å². The summed E-state index contributed by atoms with van der Waals surface area (Å²) in [5, 5.41) is 8.63. The quantitative estimate of drug-likeness (QED) is 0.428. The van der Waals surface area contributed by atoms with Crippen LogP contribution in [0.3, 0.4) is 0 Å². The van der Waals surface area contributed by atoms with E-state index in [1.54, 1.807) is 12.3 Å². The number of amides is 1.